The van der Waals surface area contributed by atoms with Crippen LogP contribution in [0.3, 0.4) is 0 Å². The van der Waals surface area contributed by atoms with Crippen LogP contribution in [0.5, 0.6) is 0 Å². The maximum Gasteiger partial charge on any atom is 0.183 e. The maximum atomic E-state index is 5.31. The SMILES string of the molecule is NN1CCNC1=S. The highest BCUT2D eigenvalue weighted by Crippen LogP contribution is 1.85. The van der Waals surface area contributed by atoms with Gasteiger partial charge in [-0.1, -0.05) is 0 Å². The molecule has 1 heterocycles. The molecule has 1 rings (SSSR count). The Kier molecular flexibility index (Phi) is 1.12. The first-order chi connectivity index (χ1) is 3.30. The minimum absolute atomic E-state index is 0.653. The minimum atomic E-state index is 0.653. The summed E-state index contributed by atoms with van der Waals surface area (Å²) in [7, 11) is 0. The van der Waals surface area contributed by atoms with Gasteiger partial charge in [0.2, 0.25) is 0 Å². The van der Waals surface area contributed by atoms with Crippen LogP contribution in [-0.4, -0.2) is 23.2 Å². The van der Waals surface area contributed by atoms with Crippen molar-refractivity contribution in [3.63, 3.8) is 0 Å². The van der Waals surface area contributed by atoms with Gasteiger partial charge in [0.1, 0.15) is 0 Å². The maximum absolute atomic E-state index is 5.31. The number of nitrogens with two attached hydrogens (primary N) is 1. The molecule has 0 aliphatic carbocycles. The van der Waals surface area contributed by atoms with Crippen LogP contribution in [0.2, 0.25) is 0 Å². The normalized spacial score (nSPS) is 20.1. The van der Waals surface area contributed by atoms with Gasteiger partial charge in [-0.2, -0.15) is 0 Å². The summed E-state index contributed by atoms with van der Waals surface area (Å²) in [6.07, 6.45) is 0. The van der Waals surface area contributed by atoms with Gasteiger partial charge in [0, 0.05) is 6.54 Å². The zero-order valence-corrected chi connectivity index (χ0v) is 4.66. The minimum Gasteiger partial charge on any atom is -0.360 e. The van der Waals surface area contributed by atoms with Crippen molar-refractivity contribution in [1.82, 2.24) is 10.3 Å². The van der Waals surface area contributed by atoms with Crippen molar-refractivity contribution in [2.45, 2.75) is 0 Å². The molecule has 0 aromatic rings. The number of hydrogen-bond donors (Lipinski definition) is 2. The van der Waals surface area contributed by atoms with Crippen LogP contribution >= 0.6 is 12.2 Å². The predicted octanol–water partition coefficient (Wildman–Crippen LogP) is -0.950. The number of nitrogens with zero attached hydrogens (tertiary/aromatic N) is 1. The highest BCUT2D eigenvalue weighted by atomic mass is 32.1. The van der Waals surface area contributed by atoms with Crippen molar-refractivity contribution >= 4 is 17.3 Å². The third kappa shape index (κ3) is 0.808. The highest BCUT2D eigenvalue weighted by molar-refractivity contribution is 7.80. The lowest BCUT2D eigenvalue weighted by Crippen LogP contribution is -2.33. The molecular formula is C3H7N3S. The summed E-state index contributed by atoms with van der Waals surface area (Å²) < 4.78 is 0. The van der Waals surface area contributed by atoms with Crippen LogP contribution in [0.25, 0.3) is 0 Å². The monoisotopic (exact) mass is 117 g/mol. The van der Waals surface area contributed by atoms with Crippen LogP contribution in [0, 0.1) is 0 Å². The molecule has 0 atom stereocenters. The van der Waals surface area contributed by atoms with Gasteiger partial charge >= 0.3 is 0 Å². The first-order valence-electron chi connectivity index (χ1n) is 2.11. The number of thiocarbonyl (C=S) groups is 1. The fraction of sp³-hybridized carbons (Fsp3) is 0.667. The Morgan fingerprint density at radius 2 is 2.57 bits per heavy atom. The molecule has 3 N–H and O–H groups in total. The number of nitrogens with one attached hydrogen (secondary N) is 1. The van der Waals surface area contributed by atoms with E-state index in [0.717, 1.165) is 13.1 Å². The Morgan fingerprint density at radius 1 is 1.86 bits per heavy atom. The van der Waals surface area contributed by atoms with Crippen LogP contribution in [0.4, 0.5) is 0 Å². The Labute approximate surface area is 47.4 Å². The lowest BCUT2D eigenvalue weighted by molar-refractivity contribution is 0.497. The molecule has 1 saturated heterocycles. The molecular weight excluding hydrogens is 110 g/mol. The molecule has 0 unspecified atom stereocenters. The van der Waals surface area contributed by atoms with E-state index in [1.54, 1.807) is 0 Å². The molecule has 0 bridgehead atoms. The van der Waals surface area contributed by atoms with E-state index >= 15 is 0 Å². The zero-order chi connectivity index (χ0) is 5.28. The second-order valence-electron chi connectivity index (χ2n) is 1.43. The second kappa shape index (κ2) is 1.63. The topological polar surface area (TPSA) is 41.3 Å². The van der Waals surface area contributed by atoms with Crippen molar-refractivity contribution in [2.24, 2.45) is 5.84 Å². The fourth-order valence-electron chi connectivity index (χ4n) is 0.486. The standard InChI is InChI=1S/C3H7N3S/c4-6-2-1-5-3(6)7/h1-2,4H2,(H,5,7). The highest BCUT2D eigenvalue weighted by Gasteiger charge is 2.09. The van der Waals surface area contributed by atoms with Crippen LogP contribution in [0.1, 0.15) is 0 Å². The van der Waals surface area contributed by atoms with E-state index in [4.69, 9.17) is 18.1 Å². The molecule has 4 heteroatoms. The van der Waals surface area contributed by atoms with Crippen molar-refractivity contribution in [1.29, 1.82) is 0 Å². The van der Waals surface area contributed by atoms with Gasteiger partial charge < -0.3 is 5.32 Å². The van der Waals surface area contributed by atoms with Gasteiger partial charge in [0.15, 0.2) is 5.11 Å². The molecule has 0 spiro atoms. The van der Waals surface area contributed by atoms with Crippen molar-refractivity contribution in [3.05, 3.63) is 0 Å². The van der Waals surface area contributed by atoms with Gasteiger partial charge in [0.25, 0.3) is 0 Å². The molecule has 0 saturated carbocycles. The molecule has 0 aromatic heterocycles. The summed E-state index contributed by atoms with van der Waals surface area (Å²) in [6.45, 7) is 1.72. The van der Waals surface area contributed by atoms with E-state index in [0.29, 0.717) is 5.11 Å². The average molecular weight is 117 g/mol. The second-order valence-corrected chi connectivity index (χ2v) is 1.81. The van der Waals surface area contributed by atoms with Gasteiger partial charge in [-0.05, 0) is 12.2 Å². The van der Waals surface area contributed by atoms with E-state index in [-0.39, 0.29) is 0 Å². The first kappa shape index (κ1) is 4.80. The lowest BCUT2D eigenvalue weighted by atomic mass is 10.7. The predicted molar refractivity (Wildman–Crippen MR) is 31.5 cm³/mol. The summed E-state index contributed by atoms with van der Waals surface area (Å²) in [5.41, 5.74) is 0. The third-order valence-electron chi connectivity index (χ3n) is 0.890. The average Bonchev–Trinajstić information content (AvgIpc) is 1.91. The molecule has 3 nitrogen and oxygen atoms in total. The van der Waals surface area contributed by atoms with Gasteiger partial charge in [-0.3, -0.25) is 5.01 Å². The molecule has 40 valence electrons. The summed E-state index contributed by atoms with van der Waals surface area (Å²) in [4.78, 5) is 0. The summed E-state index contributed by atoms with van der Waals surface area (Å²) in [5.74, 6) is 5.31. The van der Waals surface area contributed by atoms with E-state index in [1.807, 2.05) is 0 Å². The lowest BCUT2D eigenvalue weighted by Gasteiger charge is -2.04. The largest absolute Gasteiger partial charge is 0.360 e. The van der Waals surface area contributed by atoms with Crippen molar-refractivity contribution in [3.8, 4) is 0 Å². The first-order valence-corrected chi connectivity index (χ1v) is 2.51. The molecule has 0 aromatic carbocycles. The van der Waals surface area contributed by atoms with E-state index in [1.165, 1.54) is 5.01 Å². The van der Waals surface area contributed by atoms with Gasteiger partial charge in [0.05, 0.1) is 6.54 Å². The number of rotatable bonds is 0. The summed E-state index contributed by atoms with van der Waals surface area (Å²) in [6, 6.07) is 0. The van der Waals surface area contributed by atoms with Gasteiger partial charge in [-0.15, -0.1) is 0 Å². The van der Waals surface area contributed by atoms with Crippen LogP contribution < -0.4 is 11.2 Å². The molecule has 7 heavy (non-hydrogen) atoms. The van der Waals surface area contributed by atoms with E-state index in [9.17, 15) is 0 Å². The van der Waals surface area contributed by atoms with Gasteiger partial charge in [-0.25, -0.2) is 5.84 Å². The molecule has 1 aliphatic rings. The van der Waals surface area contributed by atoms with E-state index in [2.05, 4.69) is 5.32 Å². The Morgan fingerprint density at radius 3 is 2.71 bits per heavy atom. The zero-order valence-electron chi connectivity index (χ0n) is 3.85. The molecule has 0 amide bonds. The Hall–Kier alpha value is -0.350. The molecule has 1 fully saturated rings. The van der Waals surface area contributed by atoms with Crippen molar-refractivity contribution < 1.29 is 0 Å². The number of hydrazine groups is 1. The smallest absolute Gasteiger partial charge is 0.183 e. The number of hydrogen-bond acceptors (Lipinski definition) is 2. The summed E-state index contributed by atoms with van der Waals surface area (Å²) >= 11 is 4.73. The Bertz CT molecular complexity index is 92.2. The third-order valence-corrected chi connectivity index (χ3v) is 1.27. The molecule has 0 radical (unpaired) electrons. The fourth-order valence-corrected chi connectivity index (χ4v) is 0.680. The van der Waals surface area contributed by atoms with E-state index < -0.39 is 0 Å². The molecule has 1 aliphatic heterocycles. The van der Waals surface area contributed by atoms with Crippen molar-refractivity contribution in [2.75, 3.05) is 13.1 Å². The van der Waals surface area contributed by atoms with Crippen LogP contribution in [-0.2, 0) is 0 Å². The Balaban J connectivity index is 2.48. The van der Waals surface area contributed by atoms with Crippen LogP contribution in [0.15, 0.2) is 0 Å². The quantitative estimate of drug-likeness (QED) is 0.317. The summed E-state index contributed by atoms with van der Waals surface area (Å²) in [5, 5.41) is 5.08.